The van der Waals surface area contributed by atoms with Crippen LogP contribution in [0.5, 0.6) is 34.5 Å². The van der Waals surface area contributed by atoms with Gasteiger partial charge < -0.3 is 59.1 Å². The van der Waals surface area contributed by atoms with Gasteiger partial charge in [-0.3, -0.25) is 4.79 Å². The summed E-state index contributed by atoms with van der Waals surface area (Å²) in [5, 5.41) is 70.1. The molecule has 0 spiro atoms. The number of benzene rings is 2. The van der Waals surface area contributed by atoms with Crippen LogP contribution < -0.4 is 19.6 Å². The molecule has 4 rings (SSSR count). The lowest BCUT2D eigenvalue weighted by Crippen LogP contribution is -2.60. The molecule has 0 aliphatic carbocycles. The first-order valence-corrected chi connectivity index (χ1v) is 10.6. The zero-order chi connectivity index (χ0) is 26.3. The minimum Gasteiger partial charge on any atom is -0.508 e. The van der Waals surface area contributed by atoms with Crippen LogP contribution in [0.2, 0.25) is 0 Å². The summed E-state index contributed by atoms with van der Waals surface area (Å²) in [7, 11) is 2.55. The van der Waals surface area contributed by atoms with Crippen LogP contribution in [0, 0.1) is 0 Å². The second kappa shape index (κ2) is 9.72. The summed E-state index contributed by atoms with van der Waals surface area (Å²) in [6, 6.07) is 4.55. The quantitative estimate of drug-likeness (QED) is 0.230. The summed E-state index contributed by atoms with van der Waals surface area (Å²) in [6.45, 7) is -0.740. The molecule has 0 unspecified atom stereocenters. The van der Waals surface area contributed by atoms with Crippen LogP contribution in [0.15, 0.2) is 33.5 Å². The first-order valence-electron chi connectivity index (χ1n) is 10.6. The SMILES string of the molecule is COc1cc(-c2oc3cc(O)cc(O)c3c(=O)c2O[C@@H]2O[C@H](CO)[C@H](O)[C@@H](O)[C@H]2O)cc(OC)c1O. The van der Waals surface area contributed by atoms with E-state index in [4.69, 9.17) is 23.4 Å². The molecule has 7 N–H and O–H groups in total. The van der Waals surface area contributed by atoms with Gasteiger partial charge in [0.2, 0.25) is 23.2 Å². The van der Waals surface area contributed by atoms with Crippen LogP contribution >= 0.6 is 0 Å². The topological polar surface area (TPSA) is 209 Å². The fraction of sp³-hybridized carbons (Fsp3) is 0.348. The molecule has 0 bridgehead atoms. The third-order valence-electron chi connectivity index (χ3n) is 5.74. The number of phenols is 3. The highest BCUT2D eigenvalue weighted by atomic mass is 16.7. The lowest BCUT2D eigenvalue weighted by molar-refractivity contribution is -0.277. The van der Waals surface area contributed by atoms with Gasteiger partial charge in [-0.1, -0.05) is 0 Å². The molecule has 1 fully saturated rings. The third kappa shape index (κ3) is 4.23. The summed E-state index contributed by atoms with van der Waals surface area (Å²) in [5.41, 5.74) is -1.12. The number of hydrogen-bond acceptors (Lipinski definition) is 13. The molecule has 13 heteroatoms. The van der Waals surface area contributed by atoms with Crippen molar-refractivity contribution >= 4 is 11.0 Å². The third-order valence-corrected chi connectivity index (χ3v) is 5.74. The smallest absolute Gasteiger partial charge is 0.239 e. The Balaban J connectivity index is 1.96. The number of aromatic hydroxyl groups is 3. The molecule has 0 amide bonds. The molecule has 2 aromatic carbocycles. The lowest BCUT2D eigenvalue weighted by atomic mass is 9.99. The van der Waals surface area contributed by atoms with Crippen molar-refractivity contribution in [3.8, 4) is 45.8 Å². The van der Waals surface area contributed by atoms with Crippen LogP contribution in [0.25, 0.3) is 22.3 Å². The van der Waals surface area contributed by atoms with Gasteiger partial charge in [-0.2, -0.15) is 0 Å². The van der Waals surface area contributed by atoms with Gasteiger partial charge in [-0.05, 0) is 12.1 Å². The van der Waals surface area contributed by atoms with E-state index in [1.807, 2.05) is 0 Å². The van der Waals surface area contributed by atoms with Gasteiger partial charge in [0.15, 0.2) is 17.3 Å². The van der Waals surface area contributed by atoms with E-state index in [1.54, 1.807) is 0 Å². The molecule has 36 heavy (non-hydrogen) atoms. The Kier molecular flexibility index (Phi) is 6.84. The van der Waals surface area contributed by atoms with Crippen molar-refractivity contribution in [1.29, 1.82) is 0 Å². The van der Waals surface area contributed by atoms with Crippen LogP contribution in [0.4, 0.5) is 0 Å². The fourth-order valence-electron chi connectivity index (χ4n) is 3.87. The normalized spacial score (nSPS) is 24.0. The number of rotatable bonds is 6. The van der Waals surface area contributed by atoms with Crippen LogP contribution in [0.3, 0.4) is 0 Å². The minimum atomic E-state index is -1.86. The van der Waals surface area contributed by atoms with Crippen molar-refractivity contribution in [2.24, 2.45) is 0 Å². The predicted octanol–water partition coefficient (Wildman–Crippen LogP) is -0.227. The van der Waals surface area contributed by atoms with E-state index in [-0.39, 0.29) is 39.5 Å². The summed E-state index contributed by atoms with van der Waals surface area (Å²) in [5.74, 6) is -2.44. The van der Waals surface area contributed by atoms with Crippen LogP contribution in [-0.2, 0) is 4.74 Å². The second-order valence-corrected chi connectivity index (χ2v) is 7.97. The van der Waals surface area contributed by atoms with E-state index in [9.17, 15) is 40.5 Å². The van der Waals surface area contributed by atoms with Crippen LogP contribution in [-0.4, -0.2) is 87.3 Å². The Morgan fingerprint density at radius 1 is 0.917 bits per heavy atom. The van der Waals surface area contributed by atoms with Crippen molar-refractivity contribution < 1.29 is 59.1 Å². The first kappa shape index (κ1) is 25.3. The molecule has 2 heterocycles. The van der Waals surface area contributed by atoms with Crippen molar-refractivity contribution in [3.63, 3.8) is 0 Å². The van der Waals surface area contributed by atoms with Gasteiger partial charge in [-0.15, -0.1) is 0 Å². The van der Waals surface area contributed by atoms with Crippen molar-refractivity contribution in [1.82, 2.24) is 0 Å². The van der Waals surface area contributed by atoms with E-state index < -0.39 is 60.0 Å². The highest BCUT2D eigenvalue weighted by molar-refractivity contribution is 5.88. The maximum atomic E-state index is 13.5. The highest BCUT2D eigenvalue weighted by Gasteiger charge is 2.45. The number of aliphatic hydroxyl groups excluding tert-OH is 4. The Hall–Kier alpha value is -3.75. The van der Waals surface area contributed by atoms with Crippen molar-refractivity contribution in [2.45, 2.75) is 30.7 Å². The molecule has 1 aromatic heterocycles. The standard InChI is InChI=1S/C23H24O13/c1-32-12-3-8(4-13(33-2)16(12)27)21-22(18(29)15-10(26)5-9(25)6-11(15)34-21)36-23-20(31)19(30)17(28)14(7-24)35-23/h3-6,14,17,19-20,23-28,30-31H,7H2,1-2H3/t14-,17+,19-,20-,23+/m1/s1. The summed E-state index contributed by atoms with van der Waals surface area (Å²) < 4.78 is 27.1. The fourth-order valence-corrected chi connectivity index (χ4v) is 3.87. The molecule has 1 aliphatic heterocycles. The van der Waals surface area contributed by atoms with Crippen molar-refractivity contribution in [2.75, 3.05) is 20.8 Å². The maximum Gasteiger partial charge on any atom is 0.239 e. The Labute approximate surface area is 202 Å². The maximum absolute atomic E-state index is 13.5. The molecule has 3 aromatic rings. The van der Waals surface area contributed by atoms with E-state index in [2.05, 4.69) is 0 Å². The van der Waals surface area contributed by atoms with Crippen molar-refractivity contribution in [3.05, 3.63) is 34.5 Å². The molecular formula is C23H24O13. The monoisotopic (exact) mass is 508 g/mol. The predicted molar refractivity (Wildman–Crippen MR) is 120 cm³/mol. The first-order chi connectivity index (χ1) is 17.1. The average molecular weight is 508 g/mol. The summed E-state index contributed by atoms with van der Waals surface area (Å²) in [6.07, 6.45) is -8.42. The van der Waals surface area contributed by atoms with E-state index in [0.717, 1.165) is 12.1 Å². The number of methoxy groups -OCH3 is 2. The number of hydrogen-bond donors (Lipinski definition) is 7. The number of phenolic OH excluding ortho intramolecular Hbond substituents is 3. The lowest BCUT2D eigenvalue weighted by Gasteiger charge is -2.39. The van der Waals surface area contributed by atoms with E-state index >= 15 is 0 Å². The Bertz CT molecular complexity index is 1310. The molecule has 194 valence electrons. The van der Waals surface area contributed by atoms with E-state index in [1.165, 1.54) is 26.4 Å². The van der Waals surface area contributed by atoms with Gasteiger partial charge in [-0.25, -0.2) is 0 Å². The highest BCUT2D eigenvalue weighted by Crippen LogP contribution is 2.43. The molecular weight excluding hydrogens is 484 g/mol. The number of fused-ring (bicyclic) bond motifs is 1. The van der Waals surface area contributed by atoms with E-state index in [0.29, 0.717) is 0 Å². The zero-order valence-corrected chi connectivity index (χ0v) is 19.0. The molecule has 5 atom stereocenters. The number of aliphatic hydroxyl groups is 4. The molecule has 0 radical (unpaired) electrons. The Morgan fingerprint density at radius 2 is 1.56 bits per heavy atom. The number of ether oxygens (including phenoxy) is 4. The summed E-state index contributed by atoms with van der Waals surface area (Å²) in [4.78, 5) is 13.5. The van der Waals surface area contributed by atoms with Gasteiger partial charge in [0.05, 0.1) is 20.8 Å². The zero-order valence-electron chi connectivity index (χ0n) is 19.0. The van der Waals surface area contributed by atoms with Gasteiger partial charge in [0.1, 0.15) is 46.9 Å². The van der Waals surface area contributed by atoms with Gasteiger partial charge >= 0.3 is 0 Å². The molecule has 1 saturated heterocycles. The minimum absolute atomic E-state index is 0.0651. The largest absolute Gasteiger partial charge is 0.508 e. The molecule has 1 aliphatic rings. The Morgan fingerprint density at radius 3 is 2.14 bits per heavy atom. The molecule has 13 nitrogen and oxygen atoms in total. The van der Waals surface area contributed by atoms with Gasteiger partial charge in [0, 0.05) is 17.7 Å². The summed E-state index contributed by atoms with van der Waals surface area (Å²) >= 11 is 0. The second-order valence-electron chi connectivity index (χ2n) is 7.97. The molecule has 0 saturated carbocycles. The average Bonchev–Trinajstić information content (AvgIpc) is 2.85. The van der Waals surface area contributed by atoms with Crippen LogP contribution in [0.1, 0.15) is 0 Å². The van der Waals surface area contributed by atoms with Gasteiger partial charge in [0.25, 0.3) is 0 Å².